The zero-order valence-electron chi connectivity index (χ0n) is 16.4. The number of nitrogens with zero attached hydrogens (tertiary/aromatic N) is 1. The third-order valence-electron chi connectivity index (χ3n) is 6.36. The fourth-order valence-corrected chi connectivity index (χ4v) is 5.02. The van der Waals surface area contributed by atoms with E-state index < -0.39 is 29.4 Å². The van der Waals surface area contributed by atoms with E-state index in [0.717, 1.165) is 0 Å². The van der Waals surface area contributed by atoms with Crippen LogP contribution in [0.2, 0.25) is 0 Å². The molecule has 1 N–H and O–H groups in total. The van der Waals surface area contributed by atoms with Crippen molar-refractivity contribution in [2.45, 2.75) is 11.7 Å². The Bertz CT molecular complexity index is 1130. The van der Waals surface area contributed by atoms with E-state index in [1.165, 1.54) is 11.0 Å². The molecule has 2 aromatic carbocycles. The molecule has 2 bridgehead atoms. The molecule has 31 heavy (non-hydrogen) atoms. The number of ether oxygens (including phenoxy) is 3. The first kappa shape index (κ1) is 18.4. The molecule has 4 aliphatic heterocycles. The minimum atomic E-state index is -0.918. The fourth-order valence-electron chi connectivity index (χ4n) is 5.02. The number of nitrogens with one attached hydrogen (secondary N) is 1. The number of benzene rings is 2. The first-order chi connectivity index (χ1) is 15.1. The summed E-state index contributed by atoms with van der Waals surface area (Å²) in [4.78, 5) is 27.9. The Hall–Kier alpha value is -3.39. The van der Waals surface area contributed by atoms with Gasteiger partial charge in [0.1, 0.15) is 24.6 Å². The van der Waals surface area contributed by atoms with Gasteiger partial charge in [-0.1, -0.05) is 24.3 Å². The highest BCUT2D eigenvalue weighted by Crippen LogP contribution is 2.53. The molecule has 6 rings (SSSR count). The molecule has 2 fully saturated rings. The van der Waals surface area contributed by atoms with Crippen LogP contribution >= 0.6 is 0 Å². The van der Waals surface area contributed by atoms with Crippen molar-refractivity contribution in [3.05, 3.63) is 60.4 Å². The molecule has 4 atom stereocenters. The molecule has 2 amide bonds. The minimum Gasteiger partial charge on any atom is -0.486 e. The van der Waals surface area contributed by atoms with Gasteiger partial charge in [-0.25, -0.2) is 4.39 Å². The number of halogens is 1. The van der Waals surface area contributed by atoms with Crippen LogP contribution in [0.15, 0.2) is 54.6 Å². The molecule has 7 nitrogen and oxygen atoms in total. The van der Waals surface area contributed by atoms with Gasteiger partial charge in [-0.15, -0.1) is 0 Å². The predicted octanol–water partition coefficient (Wildman–Crippen LogP) is 2.52. The van der Waals surface area contributed by atoms with E-state index in [1.807, 2.05) is 12.2 Å². The van der Waals surface area contributed by atoms with Gasteiger partial charge in [0.2, 0.25) is 11.8 Å². The largest absolute Gasteiger partial charge is 0.486 e. The van der Waals surface area contributed by atoms with Crippen LogP contribution in [0.25, 0.3) is 0 Å². The van der Waals surface area contributed by atoms with Crippen LogP contribution in [-0.2, 0) is 14.3 Å². The van der Waals surface area contributed by atoms with E-state index in [2.05, 4.69) is 5.32 Å². The lowest BCUT2D eigenvalue weighted by Gasteiger charge is -2.24. The third-order valence-corrected chi connectivity index (χ3v) is 6.36. The smallest absolute Gasteiger partial charge is 0.234 e. The van der Waals surface area contributed by atoms with Crippen molar-refractivity contribution in [3.63, 3.8) is 0 Å². The number of rotatable bonds is 3. The van der Waals surface area contributed by atoms with Gasteiger partial charge in [0.05, 0.1) is 30.2 Å². The SMILES string of the molecule is O=C(Nc1ccc2c(c1)OCCO2)C1C2C(=O)N(c3ccccc3F)C[C@]23C=C[C@@H]1O3. The summed E-state index contributed by atoms with van der Waals surface area (Å²) >= 11 is 0. The van der Waals surface area contributed by atoms with Crippen LogP contribution in [0.4, 0.5) is 15.8 Å². The molecule has 0 aliphatic carbocycles. The van der Waals surface area contributed by atoms with Crippen LogP contribution in [0, 0.1) is 17.7 Å². The maximum atomic E-state index is 14.4. The molecule has 158 valence electrons. The van der Waals surface area contributed by atoms with Crippen molar-refractivity contribution in [2.24, 2.45) is 11.8 Å². The van der Waals surface area contributed by atoms with Gasteiger partial charge in [-0.05, 0) is 24.3 Å². The minimum absolute atomic E-state index is 0.179. The number of hydrogen-bond acceptors (Lipinski definition) is 5. The highest BCUT2D eigenvalue weighted by molar-refractivity contribution is 6.05. The zero-order valence-corrected chi connectivity index (χ0v) is 16.4. The summed E-state index contributed by atoms with van der Waals surface area (Å²) in [5.74, 6) is -1.33. The van der Waals surface area contributed by atoms with Crippen molar-refractivity contribution in [2.75, 3.05) is 30.0 Å². The average molecular weight is 422 g/mol. The summed E-state index contributed by atoms with van der Waals surface area (Å²) in [6.07, 6.45) is 3.17. The number of amides is 2. The van der Waals surface area contributed by atoms with Crippen molar-refractivity contribution in [3.8, 4) is 11.5 Å². The van der Waals surface area contributed by atoms with Gasteiger partial charge in [-0.3, -0.25) is 9.59 Å². The van der Waals surface area contributed by atoms with Gasteiger partial charge < -0.3 is 24.4 Å². The van der Waals surface area contributed by atoms with Crippen molar-refractivity contribution in [1.82, 2.24) is 0 Å². The Morgan fingerprint density at radius 2 is 1.94 bits per heavy atom. The average Bonchev–Trinajstić information content (AvgIpc) is 3.42. The van der Waals surface area contributed by atoms with Crippen LogP contribution in [0.5, 0.6) is 11.5 Å². The van der Waals surface area contributed by atoms with Gasteiger partial charge in [0.15, 0.2) is 11.5 Å². The maximum absolute atomic E-state index is 14.4. The van der Waals surface area contributed by atoms with E-state index in [1.54, 1.807) is 36.4 Å². The molecular formula is C23H19FN2O5. The summed E-state index contributed by atoms with van der Waals surface area (Å²) in [5, 5.41) is 2.88. The van der Waals surface area contributed by atoms with Crippen LogP contribution in [0.1, 0.15) is 0 Å². The van der Waals surface area contributed by atoms with E-state index in [0.29, 0.717) is 30.4 Å². The fraction of sp³-hybridized carbons (Fsp3) is 0.304. The molecule has 8 heteroatoms. The summed E-state index contributed by atoms with van der Waals surface area (Å²) in [6.45, 7) is 1.10. The molecule has 2 aromatic rings. The quantitative estimate of drug-likeness (QED) is 0.770. The second-order valence-corrected chi connectivity index (χ2v) is 8.12. The Balaban J connectivity index is 1.28. The van der Waals surface area contributed by atoms with Gasteiger partial charge in [0.25, 0.3) is 0 Å². The van der Waals surface area contributed by atoms with E-state index in [4.69, 9.17) is 14.2 Å². The van der Waals surface area contributed by atoms with Crippen molar-refractivity contribution >= 4 is 23.2 Å². The first-order valence-corrected chi connectivity index (χ1v) is 10.2. The normalized spacial score (nSPS) is 29.9. The lowest BCUT2D eigenvalue weighted by molar-refractivity contribution is -0.128. The number of fused-ring (bicyclic) bond motifs is 2. The van der Waals surface area contributed by atoms with Gasteiger partial charge >= 0.3 is 0 Å². The van der Waals surface area contributed by atoms with E-state index in [9.17, 15) is 14.0 Å². The zero-order chi connectivity index (χ0) is 21.2. The van der Waals surface area contributed by atoms with Crippen molar-refractivity contribution < 1.29 is 28.2 Å². The number of hydrogen-bond donors (Lipinski definition) is 1. The standard InChI is InChI=1S/C23H19FN2O5/c24-14-3-1-2-4-15(14)26-12-23-8-7-17(31-23)19(20(23)22(26)28)21(27)25-13-5-6-16-18(11-13)30-10-9-29-16/h1-8,11,17,19-20H,9-10,12H2,(H,25,27)/t17-,19?,20?,23+/m0/s1. The Morgan fingerprint density at radius 3 is 2.77 bits per heavy atom. The lowest BCUT2D eigenvalue weighted by atomic mass is 9.77. The molecule has 4 aliphatic rings. The molecule has 0 saturated carbocycles. The summed E-state index contributed by atoms with van der Waals surface area (Å²) in [5.41, 5.74) is -0.173. The van der Waals surface area contributed by atoms with Crippen molar-refractivity contribution in [1.29, 1.82) is 0 Å². The summed E-state index contributed by atoms with van der Waals surface area (Å²) < 4.78 is 31.5. The summed E-state index contributed by atoms with van der Waals surface area (Å²) in [6, 6.07) is 11.3. The molecular weight excluding hydrogens is 403 g/mol. The Kier molecular flexibility index (Phi) is 3.89. The number of carbonyl (C=O) groups is 2. The lowest BCUT2D eigenvalue weighted by Crippen LogP contribution is -2.41. The van der Waals surface area contributed by atoms with Gasteiger partial charge in [-0.2, -0.15) is 0 Å². The molecule has 0 aromatic heterocycles. The topological polar surface area (TPSA) is 77.1 Å². The highest BCUT2D eigenvalue weighted by Gasteiger charge is 2.67. The van der Waals surface area contributed by atoms with Gasteiger partial charge in [0, 0.05) is 11.8 Å². The Labute approximate surface area is 177 Å². The Morgan fingerprint density at radius 1 is 1.13 bits per heavy atom. The molecule has 0 radical (unpaired) electrons. The number of carbonyl (C=O) groups excluding carboxylic acids is 2. The molecule has 2 unspecified atom stereocenters. The van der Waals surface area contributed by atoms with E-state index >= 15 is 0 Å². The second kappa shape index (κ2) is 6.55. The van der Waals surface area contributed by atoms with E-state index in [-0.39, 0.29) is 24.0 Å². The maximum Gasteiger partial charge on any atom is 0.234 e. The van der Waals surface area contributed by atoms with Crippen LogP contribution < -0.4 is 19.7 Å². The third kappa shape index (κ3) is 2.68. The predicted molar refractivity (Wildman–Crippen MR) is 109 cm³/mol. The summed E-state index contributed by atoms with van der Waals surface area (Å²) in [7, 11) is 0. The molecule has 4 heterocycles. The van der Waals surface area contributed by atoms with Crippen LogP contribution in [-0.4, -0.2) is 43.3 Å². The molecule has 2 saturated heterocycles. The number of para-hydroxylation sites is 1. The number of anilines is 2. The highest BCUT2D eigenvalue weighted by atomic mass is 19.1. The van der Waals surface area contributed by atoms with Crippen LogP contribution in [0.3, 0.4) is 0 Å². The molecule has 1 spiro atoms. The first-order valence-electron chi connectivity index (χ1n) is 10.2. The second-order valence-electron chi connectivity index (χ2n) is 8.12. The monoisotopic (exact) mass is 422 g/mol.